The second-order valence-electron chi connectivity index (χ2n) is 2.75. The Morgan fingerprint density at radius 2 is 1.86 bits per heavy atom. The second-order valence-corrected chi connectivity index (χ2v) is 2.75. The van der Waals surface area contributed by atoms with Gasteiger partial charge in [-0.05, 0) is 12.1 Å². The highest BCUT2D eigenvalue weighted by Gasteiger charge is 2.01. The normalized spacial score (nSPS) is 10.1. The summed E-state index contributed by atoms with van der Waals surface area (Å²) >= 11 is 0. The molecule has 2 aromatic rings. The predicted octanol–water partition coefficient (Wildman–Crippen LogP) is 2.42. The van der Waals surface area contributed by atoms with Gasteiger partial charge < -0.3 is 0 Å². The van der Waals surface area contributed by atoms with Gasteiger partial charge in [0.25, 0.3) is 0 Å². The molecule has 0 saturated heterocycles. The van der Waals surface area contributed by atoms with E-state index in [1.54, 1.807) is 0 Å². The number of hydrogen-bond donors (Lipinski definition) is 0. The van der Waals surface area contributed by atoms with Crippen LogP contribution < -0.4 is 0 Å². The van der Waals surface area contributed by atoms with E-state index in [1.807, 2.05) is 0 Å². The summed E-state index contributed by atoms with van der Waals surface area (Å²) in [6, 6.07) is 3.72. The van der Waals surface area contributed by atoms with Crippen molar-refractivity contribution in [2.45, 2.75) is 0 Å². The first-order valence-electron chi connectivity index (χ1n) is 3.98. The number of rotatable bonds is 1. The maximum Gasteiger partial charge on any atom is 0.142 e. The summed E-state index contributed by atoms with van der Waals surface area (Å²) in [5.74, 6) is -0.868. The van der Waals surface area contributed by atoms with Crippen LogP contribution in [0, 0.1) is 11.6 Å². The van der Waals surface area contributed by atoms with Crippen LogP contribution in [0.15, 0.2) is 36.8 Å². The Hall–Kier alpha value is -1.84. The molecule has 0 N–H and O–H groups in total. The van der Waals surface area contributed by atoms with Gasteiger partial charge in [-0.2, -0.15) is 0 Å². The molecular formula is C10H6F2N2. The van der Waals surface area contributed by atoms with Gasteiger partial charge in [-0.3, -0.25) is 9.97 Å². The number of aromatic nitrogens is 2. The lowest BCUT2D eigenvalue weighted by Crippen LogP contribution is -1.87. The van der Waals surface area contributed by atoms with Gasteiger partial charge in [-0.15, -0.1) is 0 Å². The molecule has 0 fully saturated rings. The van der Waals surface area contributed by atoms with Crippen LogP contribution in [0.1, 0.15) is 0 Å². The van der Waals surface area contributed by atoms with Gasteiger partial charge in [0.05, 0.1) is 11.9 Å². The minimum Gasteiger partial charge on any atom is -0.261 e. The van der Waals surface area contributed by atoms with Crippen molar-refractivity contribution in [3.63, 3.8) is 0 Å². The van der Waals surface area contributed by atoms with Crippen LogP contribution in [0.5, 0.6) is 0 Å². The molecule has 0 saturated carbocycles. The highest BCUT2D eigenvalue weighted by molar-refractivity contribution is 5.57. The van der Waals surface area contributed by atoms with Gasteiger partial charge in [0.1, 0.15) is 11.6 Å². The first-order chi connectivity index (χ1) is 6.75. The quantitative estimate of drug-likeness (QED) is 0.693. The SMILES string of the molecule is Fc1cncc(-c2cc(F)ccn2)c1. The first kappa shape index (κ1) is 8.74. The molecular weight excluding hydrogens is 186 g/mol. The molecule has 0 unspecified atom stereocenters. The van der Waals surface area contributed by atoms with E-state index in [0.29, 0.717) is 11.3 Å². The summed E-state index contributed by atoms with van der Waals surface area (Å²) in [5, 5.41) is 0. The average Bonchev–Trinajstić information content (AvgIpc) is 2.18. The van der Waals surface area contributed by atoms with E-state index < -0.39 is 11.6 Å². The molecule has 0 aliphatic rings. The Bertz CT molecular complexity index is 414. The van der Waals surface area contributed by atoms with Crippen molar-refractivity contribution in [2.75, 3.05) is 0 Å². The standard InChI is InChI=1S/C10H6F2N2/c11-8-1-2-14-10(4-8)7-3-9(12)6-13-5-7/h1-6H. The average molecular weight is 192 g/mol. The molecule has 0 aromatic carbocycles. The van der Waals surface area contributed by atoms with E-state index in [2.05, 4.69) is 9.97 Å². The molecule has 70 valence electrons. The minimum absolute atomic E-state index is 0.372. The maximum absolute atomic E-state index is 12.8. The maximum atomic E-state index is 12.8. The summed E-state index contributed by atoms with van der Waals surface area (Å²) in [6.45, 7) is 0. The molecule has 0 bridgehead atoms. The first-order valence-corrected chi connectivity index (χ1v) is 3.98. The van der Waals surface area contributed by atoms with Gasteiger partial charge in [0, 0.05) is 24.0 Å². The van der Waals surface area contributed by atoms with E-state index >= 15 is 0 Å². The Morgan fingerprint density at radius 3 is 2.57 bits per heavy atom. The van der Waals surface area contributed by atoms with E-state index in [1.165, 1.54) is 30.6 Å². The van der Waals surface area contributed by atoms with Gasteiger partial charge in [-0.1, -0.05) is 0 Å². The van der Waals surface area contributed by atoms with E-state index in [4.69, 9.17) is 0 Å². The van der Waals surface area contributed by atoms with Gasteiger partial charge >= 0.3 is 0 Å². The fourth-order valence-corrected chi connectivity index (χ4v) is 1.11. The van der Waals surface area contributed by atoms with E-state index in [-0.39, 0.29) is 0 Å². The highest BCUT2D eigenvalue weighted by atomic mass is 19.1. The van der Waals surface area contributed by atoms with Crippen molar-refractivity contribution in [1.29, 1.82) is 0 Å². The van der Waals surface area contributed by atoms with Crippen molar-refractivity contribution in [2.24, 2.45) is 0 Å². The number of nitrogens with zero attached hydrogens (tertiary/aromatic N) is 2. The predicted molar refractivity (Wildman–Crippen MR) is 47.4 cm³/mol. The summed E-state index contributed by atoms with van der Waals surface area (Å²) in [5.41, 5.74) is 0.835. The minimum atomic E-state index is -0.464. The lowest BCUT2D eigenvalue weighted by atomic mass is 10.2. The second kappa shape index (κ2) is 3.49. The zero-order chi connectivity index (χ0) is 9.97. The lowest BCUT2D eigenvalue weighted by Gasteiger charge is -1.99. The van der Waals surface area contributed by atoms with Gasteiger partial charge in [0.2, 0.25) is 0 Å². The summed E-state index contributed by atoms with van der Waals surface area (Å²) in [4.78, 5) is 7.56. The fraction of sp³-hybridized carbons (Fsp3) is 0. The van der Waals surface area contributed by atoms with Gasteiger partial charge in [-0.25, -0.2) is 8.78 Å². The Labute approximate surface area is 79.3 Å². The molecule has 0 spiro atoms. The molecule has 4 heteroatoms. The van der Waals surface area contributed by atoms with Crippen LogP contribution in [0.2, 0.25) is 0 Å². The van der Waals surface area contributed by atoms with Crippen LogP contribution in [0.25, 0.3) is 11.3 Å². The molecule has 0 aliphatic carbocycles. The third kappa shape index (κ3) is 1.74. The van der Waals surface area contributed by atoms with E-state index in [9.17, 15) is 8.78 Å². The smallest absolute Gasteiger partial charge is 0.142 e. The van der Waals surface area contributed by atoms with Gasteiger partial charge in [0.15, 0.2) is 0 Å². The topological polar surface area (TPSA) is 25.8 Å². The van der Waals surface area contributed by atoms with Crippen molar-refractivity contribution in [3.05, 3.63) is 48.4 Å². The van der Waals surface area contributed by atoms with Crippen LogP contribution >= 0.6 is 0 Å². The fourth-order valence-electron chi connectivity index (χ4n) is 1.11. The zero-order valence-corrected chi connectivity index (χ0v) is 7.11. The van der Waals surface area contributed by atoms with Crippen molar-refractivity contribution in [3.8, 4) is 11.3 Å². The van der Waals surface area contributed by atoms with Crippen LogP contribution in [-0.4, -0.2) is 9.97 Å². The van der Waals surface area contributed by atoms with Crippen molar-refractivity contribution >= 4 is 0 Å². The summed E-state index contributed by atoms with van der Waals surface area (Å²) in [6.07, 6.45) is 3.85. The summed E-state index contributed by atoms with van der Waals surface area (Å²) < 4.78 is 25.6. The molecule has 0 aliphatic heterocycles. The molecule has 2 heterocycles. The number of halogens is 2. The number of pyridine rings is 2. The van der Waals surface area contributed by atoms with Crippen LogP contribution in [0.4, 0.5) is 8.78 Å². The zero-order valence-electron chi connectivity index (χ0n) is 7.11. The lowest BCUT2D eigenvalue weighted by molar-refractivity contribution is 0.620. The Balaban J connectivity index is 2.49. The largest absolute Gasteiger partial charge is 0.261 e. The van der Waals surface area contributed by atoms with Crippen molar-refractivity contribution in [1.82, 2.24) is 9.97 Å². The number of hydrogen-bond acceptors (Lipinski definition) is 2. The molecule has 0 atom stereocenters. The Morgan fingerprint density at radius 1 is 1.00 bits per heavy atom. The molecule has 2 aromatic heterocycles. The van der Waals surface area contributed by atoms with E-state index in [0.717, 1.165) is 6.20 Å². The third-order valence-electron chi connectivity index (χ3n) is 1.72. The van der Waals surface area contributed by atoms with Crippen molar-refractivity contribution < 1.29 is 8.78 Å². The molecule has 2 rings (SSSR count). The highest BCUT2D eigenvalue weighted by Crippen LogP contribution is 2.16. The monoisotopic (exact) mass is 192 g/mol. The summed E-state index contributed by atoms with van der Waals surface area (Å²) in [7, 11) is 0. The van der Waals surface area contributed by atoms with Crippen LogP contribution in [0.3, 0.4) is 0 Å². The molecule has 0 radical (unpaired) electrons. The third-order valence-corrected chi connectivity index (χ3v) is 1.72. The molecule has 0 amide bonds. The molecule has 2 nitrogen and oxygen atoms in total. The van der Waals surface area contributed by atoms with Crippen LogP contribution in [-0.2, 0) is 0 Å². The Kier molecular flexibility index (Phi) is 2.18. The molecule has 14 heavy (non-hydrogen) atoms.